The van der Waals surface area contributed by atoms with E-state index in [4.69, 9.17) is 9.47 Å². The lowest BCUT2D eigenvalue weighted by molar-refractivity contribution is 0.415. The van der Waals surface area contributed by atoms with E-state index in [0.717, 1.165) is 28.3 Å². The average Bonchev–Trinajstić information content (AvgIpc) is 2.67. The Morgan fingerprint density at radius 3 is 2.25 bits per heavy atom. The van der Waals surface area contributed by atoms with Crippen LogP contribution in [0.4, 0.5) is 0 Å². The highest BCUT2D eigenvalue weighted by Crippen LogP contribution is 2.35. The van der Waals surface area contributed by atoms with Gasteiger partial charge in [0, 0.05) is 11.1 Å². The Morgan fingerprint density at radius 1 is 0.833 bits per heavy atom. The normalized spacial score (nSPS) is 10.5. The number of ether oxygens (including phenoxy) is 2. The number of aromatic nitrogens is 3. The van der Waals surface area contributed by atoms with E-state index >= 15 is 0 Å². The first kappa shape index (κ1) is 16.3. The van der Waals surface area contributed by atoms with Crippen molar-refractivity contribution in [2.75, 3.05) is 20.5 Å². The van der Waals surface area contributed by atoms with Crippen LogP contribution in [0, 0.1) is 0 Å². The Balaban J connectivity index is 2.19. The number of para-hydroxylation sites is 1. The number of hydrogen-bond donors (Lipinski definition) is 0. The van der Waals surface area contributed by atoms with Gasteiger partial charge in [-0.25, -0.2) is 4.98 Å². The topological polar surface area (TPSA) is 57.1 Å². The van der Waals surface area contributed by atoms with Crippen LogP contribution < -0.4 is 9.47 Å². The smallest absolute Gasteiger partial charge is 0.209 e. The first-order valence-electron chi connectivity index (χ1n) is 7.33. The molecule has 24 heavy (non-hydrogen) atoms. The molecule has 1 aromatic heterocycles. The molecular weight excluding hydrogens is 322 g/mol. The van der Waals surface area contributed by atoms with E-state index in [2.05, 4.69) is 15.2 Å². The zero-order valence-electron chi connectivity index (χ0n) is 13.7. The fourth-order valence-corrected chi connectivity index (χ4v) is 2.67. The highest BCUT2D eigenvalue weighted by Gasteiger charge is 2.16. The molecule has 0 saturated heterocycles. The van der Waals surface area contributed by atoms with Gasteiger partial charge in [0.05, 0.1) is 14.2 Å². The fraction of sp³-hybridized carbons (Fsp3) is 0.167. The number of hydrogen-bond acceptors (Lipinski definition) is 6. The molecule has 0 unspecified atom stereocenters. The van der Waals surface area contributed by atoms with E-state index in [9.17, 15) is 0 Å². The van der Waals surface area contributed by atoms with Gasteiger partial charge >= 0.3 is 0 Å². The third kappa shape index (κ3) is 3.19. The van der Waals surface area contributed by atoms with Gasteiger partial charge in [-0.05, 0) is 42.7 Å². The third-order valence-electron chi connectivity index (χ3n) is 3.58. The highest BCUT2D eigenvalue weighted by atomic mass is 32.2. The summed E-state index contributed by atoms with van der Waals surface area (Å²) in [6.07, 6.45) is 1.93. The van der Waals surface area contributed by atoms with Gasteiger partial charge in [-0.2, -0.15) is 0 Å². The molecule has 0 N–H and O–H groups in total. The molecule has 1 heterocycles. The Bertz CT molecular complexity index is 838. The minimum atomic E-state index is 0.619. The van der Waals surface area contributed by atoms with Crippen LogP contribution >= 0.6 is 11.8 Å². The van der Waals surface area contributed by atoms with Crippen molar-refractivity contribution >= 4 is 11.8 Å². The van der Waals surface area contributed by atoms with Crippen molar-refractivity contribution in [3.63, 3.8) is 0 Å². The first-order chi connectivity index (χ1) is 11.8. The van der Waals surface area contributed by atoms with Crippen molar-refractivity contribution in [3.05, 3.63) is 48.5 Å². The summed E-state index contributed by atoms with van der Waals surface area (Å²) in [5.74, 6) is 1.54. The van der Waals surface area contributed by atoms with Crippen LogP contribution in [-0.4, -0.2) is 35.7 Å². The minimum Gasteiger partial charge on any atom is -0.497 e. The summed E-state index contributed by atoms with van der Waals surface area (Å²) in [4.78, 5) is 4.67. The van der Waals surface area contributed by atoms with E-state index < -0.39 is 0 Å². The molecule has 3 rings (SSSR count). The van der Waals surface area contributed by atoms with Crippen molar-refractivity contribution < 1.29 is 9.47 Å². The van der Waals surface area contributed by atoms with Crippen molar-refractivity contribution in [1.82, 2.24) is 15.2 Å². The van der Waals surface area contributed by atoms with Crippen LogP contribution in [0.2, 0.25) is 0 Å². The van der Waals surface area contributed by atoms with E-state index in [1.54, 1.807) is 14.2 Å². The molecule has 0 saturated carbocycles. The monoisotopic (exact) mass is 339 g/mol. The van der Waals surface area contributed by atoms with Crippen LogP contribution in [0.1, 0.15) is 0 Å². The summed E-state index contributed by atoms with van der Waals surface area (Å²) in [7, 11) is 3.29. The van der Waals surface area contributed by atoms with Gasteiger partial charge in [0.15, 0.2) is 0 Å². The Morgan fingerprint density at radius 2 is 1.58 bits per heavy atom. The minimum absolute atomic E-state index is 0.619. The van der Waals surface area contributed by atoms with Gasteiger partial charge in [0.2, 0.25) is 5.16 Å². The molecular formula is C18H17N3O2S. The third-order valence-corrected chi connectivity index (χ3v) is 4.11. The summed E-state index contributed by atoms with van der Waals surface area (Å²) in [6, 6.07) is 15.4. The summed E-state index contributed by atoms with van der Waals surface area (Å²) in [5, 5.41) is 9.20. The maximum atomic E-state index is 5.49. The van der Waals surface area contributed by atoms with Crippen LogP contribution in [0.5, 0.6) is 11.5 Å². The molecule has 2 aromatic carbocycles. The predicted molar refractivity (Wildman–Crippen MR) is 95.6 cm³/mol. The molecule has 5 nitrogen and oxygen atoms in total. The SMILES string of the molecule is COc1ccc(-c2nnc(SC)nc2-c2ccccc2OC)cc1. The fourth-order valence-electron chi connectivity index (χ4n) is 2.37. The summed E-state index contributed by atoms with van der Waals surface area (Å²) < 4.78 is 10.7. The largest absolute Gasteiger partial charge is 0.497 e. The lowest BCUT2D eigenvalue weighted by Crippen LogP contribution is -2.00. The van der Waals surface area contributed by atoms with Gasteiger partial charge in [0.1, 0.15) is 22.9 Å². The standard InChI is InChI=1S/C18H17N3O2S/c1-22-13-10-8-12(9-11-13)16-17(19-18(24-3)21-20-16)14-6-4-5-7-15(14)23-2/h4-11H,1-3H3. The molecule has 0 spiro atoms. The molecule has 0 atom stereocenters. The molecule has 0 bridgehead atoms. The molecule has 3 aromatic rings. The lowest BCUT2D eigenvalue weighted by Gasteiger charge is -2.12. The van der Waals surface area contributed by atoms with Crippen molar-refractivity contribution in [3.8, 4) is 34.0 Å². The maximum absolute atomic E-state index is 5.49. The predicted octanol–water partition coefficient (Wildman–Crippen LogP) is 3.94. The van der Waals surface area contributed by atoms with Crippen LogP contribution in [0.3, 0.4) is 0 Å². The maximum Gasteiger partial charge on any atom is 0.209 e. The summed E-state index contributed by atoms with van der Waals surface area (Å²) in [5.41, 5.74) is 3.26. The lowest BCUT2D eigenvalue weighted by atomic mass is 10.0. The van der Waals surface area contributed by atoms with Gasteiger partial charge < -0.3 is 9.47 Å². The van der Waals surface area contributed by atoms with Crippen LogP contribution in [-0.2, 0) is 0 Å². The number of nitrogens with zero attached hydrogens (tertiary/aromatic N) is 3. The Labute approximate surface area is 145 Å². The molecule has 0 aliphatic carbocycles. The number of rotatable bonds is 5. The number of benzene rings is 2. The Kier molecular flexibility index (Phi) is 4.96. The molecule has 122 valence electrons. The van der Waals surface area contributed by atoms with E-state index in [1.165, 1.54) is 11.8 Å². The number of methoxy groups -OCH3 is 2. The zero-order valence-corrected chi connectivity index (χ0v) is 14.5. The molecule has 0 aliphatic rings. The van der Waals surface area contributed by atoms with Crippen LogP contribution in [0.25, 0.3) is 22.5 Å². The zero-order chi connectivity index (χ0) is 16.9. The second-order valence-corrected chi connectivity index (χ2v) is 5.70. The van der Waals surface area contributed by atoms with Crippen molar-refractivity contribution in [2.45, 2.75) is 5.16 Å². The molecule has 6 heteroatoms. The van der Waals surface area contributed by atoms with Crippen molar-refractivity contribution in [1.29, 1.82) is 0 Å². The van der Waals surface area contributed by atoms with E-state index in [1.807, 2.05) is 54.8 Å². The van der Waals surface area contributed by atoms with E-state index in [-0.39, 0.29) is 0 Å². The first-order valence-corrected chi connectivity index (χ1v) is 8.56. The summed E-state index contributed by atoms with van der Waals surface area (Å²) >= 11 is 1.46. The highest BCUT2D eigenvalue weighted by molar-refractivity contribution is 7.98. The molecule has 0 amide bonds. The molecule has 0 aliphatic heterocycles. The van der Waals surface area contributed by atoms with Gasteiger partial charge in [-0.3, -0.25) is 0 Å². The second kappa shape index (κ2) is 7.31. The average molecular weight is 339 g/mol. The Hall–Kier alpha value is -2.60. The summed E-state index contributed by atoms with van der Waals surface area (Å²) in [6.45, 7) is 0. The van der Waals surface area contributed by atoms with Gasteiger partial charge in [-0.15, -0.1) is 10.2 Å². The number of thioether (sulfide) groups is 1. The van der Waals surface area contributed by atoms with Gasteiger partial charge in [0.25, 0.3) is 0 Å². The quantitative estimate of drug-likeness (QED) is 0.656. The van der Waals surface area contributed by atoms with Crippen LogP contribution in [0.15, 0.2) is 53.7 Å². The second-order valence-electron chi connectivity index (χ2n) is 4.92. The van der Waals surface area contributed by atoms with Gasteiger partial charge in [-0.1, -0.05) is 23.9 Å². The molecule has 0 radical (unpaired) electrons. The molecule has 0 fully saturated rings. The van der Waals surface area contributed by atoms with E-state index in [0.29, 0.717) is 10.9 Å². The van der Waals surface area contributed by atoms with Crippen molar-refractivity contribution in [2.24, 2.45) is 0 Å².